The van der Waals surface area contributed by atoms with Crippen molar-refractivity contribution in [2.45, 2.75) is 96.8 Å². The Balaban J connectivity index is 2.43. The first kappa shape index (κ1) is 17.7. The number of nitrogens with zero attached hydrogens (tertiary/aromatic N) is 1. The average Bonchev–Trinajstić information content (AvgIpc) is 2.98. The van der Waals surface area contributed by atoms with Crippen LogP contribution in [0.15, 0.2) is 11.7 Å². The summed E-state index contributed by atoms with van der Waals surface area (Å²) in [5.74, 6) is 0. The van der Waals surface area contributed by atoms with Gasteiger partial charge in [-0.1, -0.05) is 78.6 Å². The molecule has 0 fully saturated rings. The van der Waals surface area contributed by atoms with Crippen molar-refractivity contribution in [3.8, 4) is 0 Å². The van der Waals surface area contributed by atoms with Crippen LogP contribution in [0.5, 0.6) is 0 Å². The number of rotatable bonds is 12. The van der Waals surface area contributed by atoms with E-state index in [2.05, 4.69) is 32.0 Å². The Bertz CT molecular complexity index is 320. The molecular weight excluding hydrogens is 262 g/mol. The summed E-state index contributed by atoms with van der Waals surface area (Å²) >= 11 is 1.85. The van der Waals surface area contributed by atoms with Crippen LogP contribution in [0.25, 0.3) is 0 Å². The third kappa shape index (κ3) is 6.39. The van der Waals surface area contributed by atoms with Crippen LogP contribution in [-0.2, 0) is 5.41 Å². The van der Waals surface area contributed by atoms with Crippen LogP contribution in [0, 0.1) is 0 Å². The molecule has 0 aromatic carbocycles. The highest BCUT2D eigenvalue weighted by atomic mass is 32.1. The molecule has 0 aliphatic carbocycles. The van der Waals surface area contributed by atoms with Crippen molar-refractivity contribution in [2.24, 2.45) is 0 Å². The van der Waals surface area contributed by atoms with E-state index >= 15 is 0 Å². The first-order valence-corrected chi connectivity index (χ1v) is 9.50. The Kier molecular flexibility index (Phi) is 9.17. The van der Waals surface area contributed by atoms with Gasteiger partial charge in [0.05, 0.1) is 5.51 Å². The predicted octanol–water partition coefficient (Wildman–Crippen LogP) is 6.73. The van der Waals surface area contributed by atoms with E-state index in [0.717, 1.165) is 0 Å². The van der Waals surface area contributed by atoms with Crippen molar-refractivity contribution in [1.29, 1.82) is 0 Å². The predicted molar refractivity (Wildman–Crippen MR) is 91.6 cm³/mol. The quantitative estimate of drug-likeness (QED) is 0.389. The second-order valence-corrected chi connectivity index (χ2v) is 7.29. The van der Waals surface area contributed by atoms with Crippen LogP contribution >= 0.6 is 11.3 Å². The fourth-order valence-corrected chi connectivity index (χ4v) is 3.79. The molecule has 1 nitrogen and oxygen atoms in total. The second kappa shape index (κ2) is 10.4. The van der Waals surface area contributed by atoms with E-state index in [1.165, 1.54) is 75.5 Å². The summed E-state index contributed by atoms with van der Waals surface area (Å²) < 4.78 is 0. The van der Waals surface area contributed by atoms with Gasteiger partial charge in [-0.25, -0.2) is 0 Å². The van der Waals surface area contributed by atoms with Gasteiger partial charge in [-0.05, 0) is 12.8 Å². The molecule has 1 aromatic rings. The van der Waals surface area contributed by atoms with Gasteiger partial charge >= 0.3 is 0 Å². The summed E-state index contributed by atoms with van der Waals surface area (Å²) in [5, 5.41) is 0. The molecule has 116 valence electrons. The lowest BCUT2D eigenvalue weighted by Gasteiger charge is -2.28. The minimum Gasteiger partial charge on any atom is -0.253 e. The molecule has 0 N–H and O–H groups in total. The Hall–Kier alpha value is -0.370. The van der Waals surface area contributed by atoms with Gasteiger partial charge in [-0.2, -0.15) is 0 Å². The lowest BCUT2D eigenvalue weighted by atomic mass is 9.78. The molecule has 1 aromatic heterocycles. The molecule has 20 heavy (non-hydrogen) atoms. The monoisotopic (exact) mass is 295 g/mol. The first-order valence-electron chi connectivity index (χ1n) is 8.62. The van der Waals surface area contributed by atoms with E-state index in [1.54, 1.807) is 0 Å². The molecule has 1 unspecified atom stereocenters. The number of hydrogen-bond donors (Lipinski definition) is 0. The maximum Gasteiger partial charge on any atom is 0.0794 e. The van der Waals surface area contributed by atoms with Crippen molar-refractivity contribution in [3.63, 3.8) is 0 Å². The molecule has 2 heteroatoms. The highest BCUT2D eigenvalue weighted by Crippen LogP contribution is 2.37. The zero-order chi connectivity index (χ0) is 14.7. The molecule has 0 saturated heterocycles. The number of unbranched alkanes of at least 4 members (excludes halogenated alkanes) is 7. The average molecular weight is 296 g/mol. The number of hydrogen-bond acceptors (Lipinski definition) is 2. The number of thiazole rings is 1. The minimum absolute atomic E-state index is 0.376. The topological polar surface area (TPSA) is 12.9 Å². The first-order chi connectivity index (χ1) is 9.73. The molecule has 1 heterocycles. The van der Waals surface area contributed by atoms with Crippen LogP contribution in [0.3, 0.4) is 0 Å². The Labute approximate surface area is 130 Å². The molecule has 0 bridgehead atoms. The molecule has 0 aliphatic rings. The molecular formula is C18H33NS. The fourth-order valence-electron chi connectivity index (χ4n) is 2.95. The summed E-state index contributed by atoms with van der Waals surface area (Å²) in [6.45, 7) is 7.04. The summed E-state index contributed by atoms with van der Waals surface area (Å²) in [5.41, 5.74) is 2.37. The lowest BCUT2D eigenvalue weighted by Crippen LogP contribution is -2.20. The van der Waals surface area contributed by atoms with Gasteiger partial charge in [0, 0.05) is 16.5 Å². The minimum atomic E-state index is 0.376. The van der Waals surface area contributed by atoms with Crippen molar-refractivity contribution < 1.29 is 0 Å². The summed E-state index contributed by atoms with van der Waals surface area (Å²) in [4.78, 5) is 5.81. The molecule has 1 atom stereocenters. The van der Waals surface area contributed by atoms with Crippen LogP contribution in [0.4, 0.5) is 0 Å². The van der Waals surface area contributed by atoms with E-state index in [1.807, 2.05) is 16.8 Å². The van der Waals surface area contributed by atoms with Crippen molar-refractivity contribution >= 4 is 11.3 Å². The van der Waals surface area contributed by atoms with Crippen LogP contribution in [-0.4, -0.2) is 4.98 Å². The molecule has 0 spiro atoms. The van der Waals surface area contributed by atoms with Gasteiger partial charge in [0.15, 0.2) is 0 Å². The Morgan fingerprint density at radius 3 is 1.95 bits per heavy atom. The lowest BCUT2D eigenvalue weighted by molar-refractivity contribution is 0.369. The fraction of sp³-hybridized carbons (Fsp3) is 0.833. The Morgan fingerprint density at radius 1 is 0.900 bits per heavy atom. The van der Waals surface area contributed by atoms with E-state index in [4.69, 9.17) is 0 Å². The molecule has 0 saturated carbocycles. The summed E-state index contributed by atoms with van der Waals surface area (Å²) in [6.07, 6.45) is 17.2. The smallest absolute Gasteiger partial charge is 0.0794 e. The standard InChI is InChI=1S/C18H33NS/c1-4-6-8-10-12-14-18(3,13-11-9-7-5-2)17-15-19-16-20-17/h15-16H,4-14H2,1-3H3. The maximum absolute atomic E-state index is 4.31. The van der Waals surface area contributed by atoms with Crippen molar-refractivity contribution in [1.82, 2.24) is 4.98 Å². The number of aromatic nitrogens is 1. The normalized spacial score (nSPS) is 14.3. The largest absolute Gasteiger partial charge is 0.253 e. The second-order valence-electron chi connectivity index (χ2n) is 6.40. The summed E-state index contributed by atoms with van der Waals surface area (Å²) in [6, 6.07) is 0. The Morgan fingerprint density at radius 2 is 1.45 bits per heavy atom. The zero-order valence-electron chi connectivity index (χ0n) is 13.8. The van der Waals surface area contributed by atoms with E-state index < -0.39 is 0 Å². The van der Waals surface area contributed by atoms with Crippen molar-refractivity contribution in [2.75, 3.05) is 0 Å². The summed E-state index contributed by atoms with van der Waals surface area (Å²) in [7, 11) is 0. The van der Waals surface area contributed by atoms with Gasteiger partial charge in [0.1, 0.15) is 0 Å². The molecule has 0 aliphatic heterocycles. The molecule has 1 rings (SSSR count). The van der Waals surface area contributed by atoms with Crippen molar-refractivity contribution in [3.05, 3.63) is 16.6 Å². The van der Waals surface area contributed by atoms with Gasteiger partial charge in [-0.3, -0.25) is 4.98 Å². The van der Waals surface area contributed by atoms with E-state index in [0.29, 0.717) is 5.41 Å². The van der Waals surface area contributed by atoms with E-state index in [9.17, 15) is 0 Å². The van der Waals surface area contributed by atoms with E-state index in [-0.39, 0.29) is 0 Å². The molecule has 0 amide bonds. The van der Waals surface area contributed by atoms with Gasteiger partial charge < -0.3 is 0 Å². The third-order valence-electron chi connectivity index (χ3n) is 4.44. The highest BCUT2D eigenvalue weighted by molar-refractivity contribution is 7.09. The van der Waals surface area contributed by atoms with Gasteiger partial charge in [0.2, 0.25) is 0 Å². The maximum atomic E-state index is 4.31. The zero-order valence-corrected chi connectivity index (χ0v) is 14.6. The highest BCUT2D eigenvalue weighted by Gasteiger charge is 2.27. The third-order valence-corrected chi connectivity index (χ3v) is 5.52. The molecule has 0 radical (unpaired) electrons. The van der Waals surface area contributed by atoms with Gasteiger partial charge in [-0.15, -0.1) is 11.3 Å². The van der Waals surface area contributed by atoms with Gasteiger partial charge in [0.25, 0.3) is 0 Å². The van der Waals surface area contributed by atoms with Crippen LogP contribution < -0.4 is 0 Å². The van der Waals surface area contributed by atoms with Crippen LogP contribution in [0.2, 0.25) is 0 Å². The SMILES string of the molecule is CCCCCCCC(C)(CCCCCC)c1cncs1. The van der Waals surface area contributed by atoms with Crippen LogP contribution in [0.1, 0.15) is 96.3 Å².